The highest BCUT2D eigenvalue weighted by Gasteiger charge is 2.42. The lowest BCUT2D eigenvalue weighted by atomic mass is 9.97. The molecule has 0 aliphatic heterocycles. The highest BCUT2D eigenvalue weighted by molar-refractivity contribution is 5.74. The molecule has 0 unspecified atom stereocenters. The minimum atomic E-state index is -0.521. The number of rotatable bonds is 7. The highest BCUT2D eigenvalue weighted by atomic mass is 19.1. The molecule has 1 aliphatic rings. The monoisotopic (exact) mass is 294 g/mol. The van der Waals surface area contributed by atoms with Crippen LogP contribution in [-0.2, 0) is 6.42 Å². The SMILES string of the molecule is C[C@](CO)(NC(=O)NCCCc1cccc(F)c1)C1CC1. The second-order valence-corrected chi connectivity index (χ2v) is 5.96. The number of carbonyl (C=O) groups is 1. The topological polar surface area (TPSA) is 61.4 Å². The van der Waals surface area contributed by atoms with Crippen LogP contribution in [0.15, 0.2) is 24.3 Å². The molecule has 1 aromatic carbocycles. The first kappa shape index (κ1) is 15.8. The number of nitrogens with one attached hydrogen (secondary N) is 2. The number of aliphatic hydroxyl groups is 1. The highest BCUT2D eigenvalue weighted by Crippen LogP contribution is 2.39. The minimum Gasteiger partial charge on any atom is -0.394 e. The van der Waals surface area contributed by atoms with Gasteiger partial charge in [-0.25, -0.2) is 9.18 Å². The Morgan fingerprint density at radius 1 is 1.48 bits per heavy atom. The zero-order valence-corrected chi connectivity index (χ0v) is 12.4. The summed E-state index contributed by atoms with van der Waals surface area (Å²) < 4.78 is 13.0. The van der Waals surface area contributed by atoms with E-state index in [1.54, 1.807) is 6.07 Å². The molecule has 0 spiro atoms. The number of hydrogen-bond acceptors (Lipinski definition) is 2. The maximum atomic E-state index is 13.0. The first-order chi connectivity index (χ1) is 10.0. The third-order valence-corrected chi connectivity index (χ3v) is 4.02. The van der Waals surface area contributed by atoms with E-state index in [9.17, 15) is 14.3 Å². The van der Waals surface area contributed by atoms with Gasteiger partial charge in [0, 0.05) is 6.54 Å². The minimum absolute atomic E-state index is 0.0472. The average Bonchev–Trinajstić information content (AvgIpc) is 3.28. The Morgan fingerprint density at radius 2 is 2.24 bits per heavy atom. The van der Waals surface area contributed by atoms with Crippen LogP contribution >= 0.6 is 0 Å². The normalized spacial score (nSPS) is 17.1. The number of carbonyl (C=O) groups excluding carboxylic acids is 1. The first-order valence-corrected chi connectivity index (χ1v) is 7.45. The van der Waals surface area contributed by atoms with E-state index >= 15 is 0 Å². The summed E-state index contributed by atoms with van der Waals surface area (Å²) in [6, 6.07) is 6.24. The largest absolute Gasteiger partial charge is 0.394 e. The molecule has 0 saturated heterocycles. The second kappa shape index (κ2) is 6.89. The fraction of sp³-hybridized carbons (Fsp3) is 0.562. The van der Waals surface area contributed by atoms with Gasteiger partial charge in [0.2, 0.25) is 0 Å². The Morgan fingerprint density at radius 3 is 2.86 bits per heavy atom. The van der Waals surface area contributed by atoms with Crippen LogP contribution < -0.4 is 10.6 Å². The maximum Gasteiger partial charge on any atom is 0.315 e. The van der Waals surface area contributed by atoms with E-state index in [0.717, 1.165) is 31.2 Å². The van der Waals surface area contributed by atoms with Gasteiger partial charge in [-0.3, -0.25) is 0 Å². The van der Waals surface area contributed by atoms with Crippen molar-refractivity contribution in [1.82, 2.24) is 10.6 Å². The van der Waals surface area contributed by atoms with Crippen LogP contribution in [0.25, 0.3) is 0 Å². The van der Waals surface area contributed by atoms with Crippen molar-refractivity contribution in [1.29, 1.82) is 0 Å². The number of benzene rings is 1. The molecule has 0 heterocycles. The summed E-state index contributed by atoms with van der Waals surface area (Å²) in [7, 11) is 0. The van der Waals surface area contributed by atoms with Crippen molar-refractivity contribution >= 4 is 6.03 Å². The van der Waals surface area contributed by atoms with Gasteiger partial charge < -0.3 is 15.7 Å². The van der Waals surface area contributed by atoms with Crippen LogP contribution in [-0.4, -0.2) is 29.8 Å². The number of aliphatic hydroxyl groups excluding tert-OH is 1. The Balaban J connectivity index is 1.67. The van der Waals surface area contributed by atoms with Crippen molar-refractivity contribution in [3.05, 3.63) is 35.6 Å². The molecule has 1 atom stereocenters. The van der Waals surface area contributed by atoms with Crippen LogP contribution in [0.5, 0.6) is 0 Å². The van der Waals surface area contributed by atoms with E-state index in [1.165, 1.54) is 12.1 Å². The zero-order chi connectivity index (χ0) is 15.3. The number of hydrogen-bond donors (Lipinski definition) is 3. The molecule has 21 heavy (non-hydrogen) atoms. The molecular formula is C16H23FN2O2. The predicted molar refractivity (Wildman–Crippen MR) is 79.5 cm³/mol. The summed E-state index contributed by atoms with van der Waals surface area (Å²) in [5, 5.41) is 15.1. The van der Waals surface area contributed by atoms with Crippen LogP contribution in [0.1, 0.15) is 31.7 Å². The summed E-state index contributed by atoms with van der Waals surface area (Å²) in [4.78, 5) is 11.8. The van der Waals surface area contributed by atoms with Gasteiger partial charge >= 0.3 is 6.03 Å². The molecule has 1 fully saturated rings. The fourth-order valence-electron chi connectivity index (χ4n) is 2.48. The molecule has 1 aromatic rings. The Kier molecular flexibility index (Phi) is 5.17. The van der Waals surface area contributed by atoms with E-state index in [2.05, 4.69) is 10.6 Å². The molecule has 4 nitrogen and oxygen atoms in total. The van der Waals surface area contributed by atoms with Gasteiger partial charge in [0.05, 0.1) is 12.1 Å². The quantitative estimate of drug-likeness (QED) is 0.675. The standard InChI is InChI=1S/C16H23FN2O2/c1-16(11-20,13-7-8-13)19-15(21)18-9-3-5-12-4-2-6-14(17)10-12/h2,4,6,10,13,20H,3,5,7-9,11H2,1H3,(H2,18,19,21)/t16-/m1/s1. The van der Waals surface area contributed by atoms with Crippen molar-refractivity contribution in [3.63, 3.8) is 0 Å². The summed E-state index contributed by atoms with van der Waals surface area (Å²) in [6.45, 7) is 2.35. The fourth-order valence-corrected chi connectivity index (χ4v) is 2.48. The van der Waals surface area contributed by atoms with E-state index in [0.29, 0.717) is 12.5 Å². The number of halogens is 1. The van der Waals surface area contributed by atoms with Crippen LogP contribution in [0.3, 0.4) is 0 Å². The van der Waals surface area contributed by atoms with E-state index in [1.807, 2.05) is 13.0 Å². The molecule has 2 amide bonds. The lowest BCUT2D eigenvalue weighted by Crippen LogP contribution is -2.54. The van der Waals surface area contributed by atoms with Crippen LogP contribution in [0.4, 0.5) is 9.18 Å². The lowest BCUT2D eigenvalue weighted by Gasteiger charge is -2.28. The lowest BCUT2D eigenvalue weighted by molar-refractivity contribution is 0.155. The number of urea groups is 1. The van der Waals surface area contributed by atoms with Crippen molar-refractivity contribution < 1.29 is 14.3 Å². The van der Waals surface area contributed by atoms with Gasteiger partial charge in [0.15, 0.2) is 0 Å². The van der Waals surface area contributed by atoms with Crippen molar-refractivity contribution in [2.24, 2.45) is 5.92 Å². The summed E-state index contributed by atoms with van der Waals surface area (Å²) >= 11 is 0. The zero-order valence-electron chi connectivity index (χ0n) is 12.4. The van der Waals surface area contributed by atoms with Gasteiger partial charge in [-0.1, -0.05) is 12.1 Å². The van der Waals surface area contributed by atoms with Gasteiger partial charge in [-0.2, -0.15) is 0 Å². The Labute approximate surface area is 124 Å². The number of aryl methyl sites for hydroxylation is 1. The summed E-state index contributed by atoms with van der Waals surface area (Å²) in [5.41, 5.74) is 0.405. The Bertz CT molecular complexity index is 491. The summed E-state index contributed by atoms with van der Waals surface area (Å²) in [5.74, 6) is 0.141. The Hall–Kier alpha value is -1.62. The molecule has 0 bridgehead atoms. The van der Waals surface area contributed by atoms with Crippen LogP contribution in [0, 0.1) is 11.7 Å². The second-order valence-electron chi connectivity index (χ2n) is 5.96. The average molecular weight is 294 g/mol. The van der Waals surface area contributed by atoms with Gasteiger partial charge in [0.25, 0.3) is 0 Å². The van der Waals surface area contributed by atoms with Crippen molar-refractivity contribution in [2.75, 3.05) is 13.2 Å². The van der Waals surface area contributed by atoms with Crippen molar-refractivity contribution in [3.8, 4) is 0 Å². The first-order valence-electron chi connectivity index (χ1n) is 7.45. The molecule has 0 radical (unpaired) electrons. The third kappa shape index (κ3) is 4.70. The van der Waals surface area contributed by atoms with Gasteiger partial charge in [0.1, 0.15) is 5.82 Å². The van der Waals surface area contributed by atoms with E-state index in [4.69, 9.17) is 0 Å². The maximum absolute atomic E-state index is 13.0. The third-order valence-electron chi connectivity index (χ3n) is 4.02. The molecule has 1 aliphatic carbocycles. The molecule has 3 N–H and O–H groups in total. The molecule has 116 valence electrons. The molecule has 1 saturated carbocycles. The molecule has 5 heteroatoms. The molecule has 2 rings (SSSR count). The number of amides is 2. The summed E-state index contributed by atoms with van der Waals surface area (Å²) in [6.07, 6.45) is 3.57. The smallest absolute Gasteiger partial charge is 0.315 e. The van der Waals surface area contributed by atoms with Crippen LogP contribution in [0.2, 0.25) is 0 Å². The van der Waals surface area contributed by atoms with E-state index in [-0.39, 0.29) is 18.5 Å². The van der Waals surface area contributed by atoms with Crippen molar-refractivity contribution in [2.45, 2.75) is 38.1 Å². The van der Waals surface area contributed by atoms with E-state index < -0.39 is 5.54 Å². The molecule has 0 aromatic heterocycles. The molecular weight excluding hydrogens is 271 g/mol. The van der Waals surface area contributed by atoms with Gasteiger partial charge in [-0.05, 0) is 56.2 Å². The van der Waals surface area contributed by atoms with Gasteiger partial charge in [-0.15, -0.1) is 0 Å². The predicted octanol–water partition coefficient (Wildman–Crippen LogP) is 2.22.